The maximum Gasteiger partial charge on any atom is 0.488 e. The molecule has 0 aliphatic heterocycles. The molecule has 80 valence electrons. The van der Waals surface area contributed by atoms with Gasteiger partial charge >= 0.3 is 7.12 Å². The van der Waals surface area contributed by atoms with Crippen molar-refractivity contribution in [3.05, 3.63) is 24.4 Å². The molecule has 0 amide bonds. The summed E-state index contributed by atoms with van der Waals surface area (Å²) < 4.78 is 1.70. The van der Waals surface area contributed by atoms with Crippen LogP contribution in [0.15, 0.2) is 24.4 Å². The number of aromatic nitrogens is 2. The van der Waals surface area contributed by atoms with Crippen LogP contribution in [-0.4, -0.2) is 26.9 Å². The van der Waals surface area contributed by atoms with Gasteiger partial charge in [-0.1, -0.05) is 26.0 Å². The van der Waals surface area contributed by atoms with Crippen LogP contribution in [0.2, 0.25) is 0 Å². The molecule has 0 aliphatic carbocycles. The van der Waals surface area contributed by atoms with Crippen molar-refractivity contribution in [1.29, 1.82) is 0 Å². The Balaban J connectivity index is 0.000000531. The molecular formula is C10H15BN2O2. The summed E-state index contributed by atoms with van der Waals surface area (Å²) in [4.78, 5) is 0. The van der Waals surface area contributed by atoms with Crippen LogP contribution in [0.1, 0.15) is 13.8 Å². The van der Waals surface area contributed by atoms with E-state index in [1.54, 1.807) is 23.0 Å². The number of hydrogen-bond donors (Lipinski definition) is 2. The van der Waals surface area contributed by atoms with E-state index >= 15 is 0 Å². The van der Waals surface area contributed by atoms with Crippen LogP contribution >= 0.6 is 0 Å². The van der Waals surface area contributed by atoms with Gasteiger partial charge in [-0.3, -0.25) is 4.68 Å². The van der Waals surface area contributed by atoms with Crippen LogP contribution in [-0.2, 0) is 7.05 Å². The minimum atomic E-state index is -1.42. The standard InChI is InChI=1S/C8H9BN2O2.C2H6/c1-11-8-4-7(9(12)13)3-2-6(8)5-10-11;1-2/h2-5,12-13H,1H3;1-2H3. The van der Waals surface area contributed by atoms with Crippen LogP contribution in [0.5, 0.6) is 0 Å². The third kappa shape index (κ3) is 2.37. The second-order valence-electron chi connectivity index (χ2n) is 2.96. The lowest BCUT2D eigenvalue weighted by molar-refractivity contribution is 0.426. The van der Waals surface area contributed by atoms with E-state index in [1.807, 2.05) is 27.0 Å². The summed E-state index contributed by atoms with van der Waals surface area (Å²) in [6, 6.07) is 5.21. The van der Waals surface area contributed by atoms with Crippen LogP contribution in [0, 0.1) is 0 Å². The SMILES string of the molecule is CC.Cn1ncc2ccc(B(O)O)cc21. The topological polar surface area (TPSA) is 58.3 Å². The molecule has 1 heterocycles. The van der Waals surface area contributed by atoms with Gasteiger partial charge in [0.05, 0.1) is 11.7 Å². The maximum atomic E-state index is 8.94. The summed E-state index contributed by atoms with van der Waals surface area (Å²) in [5.74, 6) is 0. The number of fused-ring (bicyclic) bond motifs is 1. The highest BCUT2D eigenvalue weighted by Gasteiger charge is 2.11. The van der Waals surface area contributed by atoms with E-state index in [2.05, 4.69) is 5.10 Å². The molecule has 0 saturated heterocycles. The Hall–Kier alpha value is -1.33. The zero-order valence-corrected chi connectivity index (χ0v) is 9.18. The molecule has 0 fully saturated rings. The zero-order chi connectivity index (χ0) is 11.4. The molecule has 4 nitrogen and oxygen atoms in total. The highest BCUT2D eigenvalue weighted by Crippen LogP contribution is 2.09. The summed E-state index contributed by atoms with van der Waals surface area (Å²) in [7, 11) is 0.398. The Morgan fingerprint density at radius 1 is 1.27 bits per heavy atom. The Morgan fingerprint density at radius 2 is 1.93 bits per heavy atom. The highest BCUT2D eigenvalue weighted by atomic mass is 16.4. The fourth-order valence-electron chi connectivity index (χ4n) is 1.32. The molecule has 0 saturated carbocycles. The van der Waals surface area contributed by atoms with Crippen molar-refractivity contribution in [2.24, 2.45) is 7.05 Å². The van der Waals surface area contributed by atoms with E-state index in [4.69, 9.17) is 10.0 Å². The first-order valence-electron chi connectivity index (χ1n) is 4.96. The van der Waals surface area contributed by atoms with Gasteiger partial charge in [0.15, 0.2) is 0 Å². The Labute approximate surface area is 89.3 Å². The van der Waals surface area contributed by atoms with Crippen molar-refractivity contribution < 1.29 is 10.0 Å². The fraction of sp³-hybridized carbons (Fsp3) is 0.300. The highest BCUT2D eigenvalue weighted by molar-refractivity contribution is 6.58. The van der Waals surface area contributed by atoms with Gasteiger partial charge in [0.25, 0.3) is 0 Å². The van der Waals surface area contributed by atoms with Crippen LogP contribution < -0.4 is 5.46 Å². The molecule has 0 spiro atoms. The zero-order valence-electron chi connectivity index (χ0n) is 9.18. The smallest absolute Gasteiger partial charge is 0.423 e. The summed E-state index contributed by atoms with van der Waals surface area (Å²) in [6.07, 6.45) is 1.74. The number of rotatable bonds is 1. The molecule has 0 unspecified atom stereocenters. The number of hydrogen-bond acceptors (Lipinski definition) is 3. The monoisotopic (exact) mass is 206 g/mol. The van der Waals surface area contributed by atoms with Gasteiger partial charge < -0.3 is 10.0 Å². The van der Waals surface area contributed by atoms with Crippen LogP contribution in [0.25, 0.3) is 10.9 Å². The van der Waals surface area contributed by atoms with E-state index in [0.717, 1.165) is 10.9 Å². The van der Waals surface area contributed by atoms with Gasteiger partial charge in [0.1, 0.15) is 0 Å². The first kappa shape index (κ1) is 11.7. The summed E-state index contributed by atoms with van der Waals surface area (Å²) in [5, 5.41) is 22.9. The fourth-order valence-corrected chi connectivity index (χ4v) is 1.32. The Bertz CT molecular complexity index is 440. The van der Waals surface area contributed by atoms with Gasteiger partial charge in [-0.15, -0.1) is 0 Å². The van der Waals surface area contributed by atoms with E-state index in [0.29, 0.717) is 5.46 Å². The molecule has 2 rings (SSSR count). The lowest BCUT2D eigenvalue weighted by Crippen LogP contribution is -2.29. The molecule has 5 heteroatoms. The molecule has 2 aromatic rings. The maximum absolute atomic E-state index is 8.94. The largest absolute Gasteiger partial charge is 0.488 e. The van der Waals surface area contributed by atoms with E-state index in [1.165, 1.54) is 0 Å². The van der Waals surface area contributed by atoms with E-state index < -0.39 is 7.12 Å². The second kappa shape index (κ2) is 4.95. The predicted octanol–water partition coefficient (Wildman–Crippen LogP) is 0.279. The molecule has 0 radical (unpaired) electrons. The Kier molecular flexibility index (Phi) is 3.88. The average Bonchev–Trinajstić information content (AvgIpc) is 2.63. The van der Waals surface area contributed by atoms with Gasteiger partial charge in [-0.25, -0.2) is 0 Å². The molecule has 1 aromatic heterocycles. The van der Waals surface area contributed by atoms with Crippen molar-refractivity contribution in [3.63, 3.8) is 0 Å². The quantitative estimate of drug-likeness (QED) is 0.659. The van der Waals surface area contributed by atoms with Crippen LogP contribution in [0.4, 0.5) is 0 Å². The van der Waals surface area contributed by atoms with Crippen molar-refractivity contribution in [2.75, 3.05) is 0 Å². The first-order valence-corrected chi connectivity index (χ1v) is 4.96. The Morgan fingerprint density at radius 3 is 2.53 bits per heavy atom. The molecular weight excluding hydrogens is 191 g/mol. The van der Waals surface area contributed by atoms with Gasteiger partial charge in [0, 0.05) is 12.4 Å². The molecule has 2 N–H and O–H groups in total. The normalized spacial score (nSPS) is 9.67. The average molecular weight is 206 g/mol. The van der Waals surface area contributed by atoms with Crippen molar-refractivity contribution >= 4 is 23.5 Å². The minimum Gasteiger partial charge on any atom is -0.423 e. The van der Waals surface area contributed by atoms with Crippen molar-refractivity contribution in [2.45, 2.75) is 13.8 Å². The number of nitrogens with zero attached hydrogens (tertiary/aromatic N) is 2. The van der Waals surface area contributed by atoms with E-state index in [9.17, 15) is 0 Å². The summed E-state index contributed by atoms with van der Waals surface area (Å²) in [6.45, 7) is 4.00. The van der Waals surface area contributed by atoms with Gasteiger partial charge in [-0.05, 0) is 11.5 Å². The summed E-state index contributed by atoms with van der Waals surface area (Å²) in [5.41, 5.74) is 1.38. The second-order valence-corrected chi connectivity index (χ2v) is 2.96. The summed E-state index contributed by atoms with van der Waals surface area (Å²) >= 11 is 0. The van der Waals surface area contributed by atoms with Crippen molar-refractivity contribution in [3.8, 4) is 0 Å². The van der Waals surface area contributed by atoms with Gasteiger partial charge in [0.2, 0.25) is 0 Å². The number of aryl methyl sites for hydroxylation is 1. The molecule has 0 aliphatic rings. The molecule has 0 bridgehead atoms. The minimum absolute atomic E-state index is 0.483. The molecule has 0 atom stereocenters. The molecule has 15 heavy (non-hydrogen) atoms. The van der Waals surface area contributed by atoms with Gasteiger partial charge in [-0.2, -0.15) is 5.10 Å². The molecule has 1 aromatic carbocycles. The van der Waals surface area contributed by atoms with E-state index in [-0.39, 0.29) is 0 Å². The van der Waals surface area contributed by atoms with Crippen molar-refractivity contribution in [1.82, 2.24) is 9.78 Å². The lowest BCUT2D eigenvalue weighted by atomic mass is 9.80. The first-order chi connectivity index (χ1) is 7.18. The van der Waals surface area contributed by atoms with Crippen LogP contribution in [0.3, 0.4) is 0 Å². The number of benzene rings is 1. The lowest BCUT2D eigenvalue weighted by Gasteiger charge is -1.99. The predicted molar refractivity (Wildman–Crippen MR) is 61.9 cm³/mol. The third-order valence-electron chi connectivity index (χ3n) is 2.07. The third-order valence-corrected chi connectivity index (χ3v) is 2.07.